The fraction of sp³-hybridized carbons (Fsp3) is 0.538. The number of hydrogen-bond acceptors (Lipinski definition) is 1. The molecule has 0 aliphatic heterocycles. The molecule has 0 bridgehead atoms. The van der Waals surface area contributed by atoms with Crippen LogP contribution in [-0.2, 0) is 6.42 Å². The number of fused-ring (bicyclic) bond motifs is 1. The molecule has 1 nitrogen and oxygen atoms in total. The number of hydrogen-bond donors (Lipinski definition) is 1. The molecule has 0 amide bonds. The molecule has 0 aromatic heterocycles. The lowest BCUT2D eigenvalue weighted by atomic mass is 10.1. The molecule has 1 aliphatic rings. The van der Waals surface area contributed by atoms with Gasteiger partial charge in [0.25, 0.3) is 0 Å². The number of rotatable bonds is 3. The van der Waals surface area contributed by atoms with Crippen LogP contribution < -0.4 is 5.32 Å². The van der Waals surface area contributed by atoms with Crippen LogP contribution in [0, 0.1) is 0 Å². The van der Waals surface area contributed by atoms with E-state index in [2.05, 4.69) is 31.3 Å². The van der Waals surface area contributed by atoms with Gasteiger partial charge < -0.3 is 5.32 Å². The highest BCUT2D eigenvalue weighted by atomic mass is 35.5. The first-order valence-corrected chi connectivity index (χ1v) is 6.13. The first-order chi connectivity index (χ1) is 7.20. The molecule has 1 aromatic carbocycles. The smallest absolute Gasteiger partial charge is 0.0408 e. The van der Waals surface area contributed by atoms with Crippen molar-refractivity contribution in [2.45, 2.75) is 45.2 Å². The topological polar surface area (TPSA) is 12.0 Å². The monoisotopic (exact) mass is 223 g/mol. The van der Waals surface area contributed by atoms with Gasteiger partial charge in [-0.3, -0.25) is 0 Å². The van der Waals surface area contributed by atoms with Gasteiger partial charge in [-0.1, -0.05) is 24.6 Å². The lowest BCUT2D eigenvalue weighted by molar-refractivity contribution is 0.445. The largest absolute Gasteiger partial charge is 0.307 e. The van der Waals surface area contributed by atoms with Crippen molar-refractivity contribution in [3.8, 4) is 0 Å². The summed E-state index contributed by atoms with van der Waals surface area (Å²) in [5, 5.41) is 4.52. The number of aryl methyl sites for hydroxylation is 1. The first kappa shape index (κ1) is 11.0. The van der Waals surface area contributed by atoms with Crippen LogP contribution in [0.1, 0.15) is 43.9 Å². The van der Waals surface area contributed by atoms with E-state index < -0.39 is 0 Å². The maximum atomic E-state index is 5.98. The number of nitrogens with one attached hydrogen (secondary N) is 1. The van der Waals surface area contributed by atoms with Gasteiger partial charge in [0.2, 0.25) is 0 Å². The van der Waals surface area contributed by atoms with E-state index in [0.717, 1.165) is 11.4 Å². The van der Waals surface area contributed by atoms with Gasteiger partial charge in [-0.2, -0.15) is 0 Å². The Morgan fingerprint density at radius 3 is 3.07 bits per heavy atom. The molecule has 2 rings (SSSR count). The van der Waals surface area contributed by atoms with E-state index in [4.69, 9.17) is 11.6 Å². The minimum absolute atomic E-state index is 0.534. The van der Waals surface area contributed by atoms with E-state index in [1.807, 2.05) is 6.07 Å². The van der Waals surface area contributed by atoms with Gasteiger partial charge in [-0.05, 0) is 49.4 Å². The van der Waals surface area contributed by atoms with Crippen molar-refractivity contribution in [2.75, 3.05) is 0 Å². The van der Waals surface area contributed by atoms with Crippen LogP contribution in [0.25, 0.3) is 0 Å². The molecule has 1 N–H and O–H groups in total. The maximum absolute atomic E-state index is 5.98. The van der Waals surface area contributed by atoms with Gasteiger partial charge in [0.15, 0.2) is 0 Å². The average Bonchev–Trinajstić information content (AvgIpc) is 2.60. The van der Waals surface area contributed by atoms with Crippen molar-refractivity contribution in [3.63, 3.8) is 0 Å². The molecule has 82 valence electrons. The third-order valence-electron chi connectivity index (χ3n) is 3.28. The Bertz CT molecular complexity index is 348. The van der Waals surface area contributed by atoms with Crippen molar-refractivity contribution in [1.82, 2.24) is 5.32 Å². The molecule has 2 heteroatoms. The summed E-state index contributed by atoms with van der Waals surface area (Å²) in [4.78, 5) is 0. The van der Waals surface area contributed by atoms with Gasteiger partial charge in [-0.15, -0.1) is 0 Å². The fourth-order valence-electron chi connectivity index (χ4n) is 2.22. The Morgan fingerprint density at radius 1 is 1.53 bits per heavy atom. The molecule has 0 saturated heterocycles. The Balaban J connectivity index is 2.14. The van der Waals surface area contributed by atoms with E-state index in [9.17, 15) is 0 Å². The lowest BCUT2D eigenvalue weighted by Crippen LogP contribution is -2.28. The highest BCUT2D eigenvalue weighted by molar-refractivity contribution is 6.30. The highest BCUT2D eigenvalue weighted by Gasteiger charge is 2.22. The van der Waals surface area contributed by atoms with Crippen LogP contribution >= 0.6 is 11.6 Å². The van der Waals surface area contributed by atoms with E-state index in [1.165, 1.54) is 24.0 Å². The summed E-state index contributed by atoms with van der Waals surface area (Å²) in [6, 6.07) is 7.40. The van der Waals surface area contributed by atoms with Crippen molar-refractivity contribution >= 4 is 11.6 Å². The molecular weight excluding hydrogens is 206 g/mol. The standard InChI is InChI=1S/C13H18ClN/c1-3-9(2)15-13-7-4-10-8-11(14)5-6-12(10)13/h5-6,8-9,13,15H,3-4,7H2,1-2H3. The second-order valence-corrected chi connectivity index (χ2v) is 4.85. The second kappa shape index (κ2) is 4.54. The zero-order valence-electron chi connectivity index (χ0n) is 9.39. The second-order valence-electron chi connectivity index (χ2n) is 4.41. The predicted molar refractivity (Wildman–Crippen MR) is 65.4 cm³/mol. The van der Waals surface area contributed by atoms with Gasteiger partial charge >= 0.3 is 0 Å². The SMILES string of the molecule is CCC(C)NC1CCc2cc(Cl)ccc21. The van der Waals surface area contributed by atoms with Crippen molar-refractivity contribution in [1.29, 1.82) is 0 Å². The first-order valence-electron chi connectivity index (χ1n) is 5.75. The summed E-state index contributed by atoms with van der Waals surface area (Å²) in [5.74, 6) is 0. The summed E-state index contributed by atoms with van der Waals surface area (Å²) in [7, 11) is 0. The van der Waals surface area contributed by atoms with Gasteiger partial charge in [0.05, 0.1) is 0 Å². The van der Waals surface area contributed by atoms with E-state index in [-0.39, 0.29) is 0 Å². The van der Waals surface area contributed by atoms with Crippen molar-refractivity contribution in [2.24, 2.45) is 0 Å². The van der Waals surface area contributed by atoms with Crippen LogP contribution in [0.5, 0.6) is 0 Å². The Hall–Kier alpha value is -0.530. The molecule has 2 unspecified atom stereocenters. The molecule has 15 heavy (non-hydrogen) atoms. The highest BCUT2D eigenvalue weighted by Crippen LogP contribution is 2.33. The lowest BCUT2D eigenvalue weighted by Gasteiger charge is -2.19. The quantitative estimate of drug-likeness (QED) is 0.824. The van der Waals surface area contributed by atoms with E-state index >= 15 is 0 Å². The van der Waals surface area contributed by atoms with Crippen molar-refractivity contribution < 1.29 is 0 Å². The molecule has 0 saturated carbocycles. The van der Waals surface area contributed by atoms with Gasteiger partial charge in [0.1, 0.15) is 0 Å². The van der Waals surface area contributed by atoms with Crippen molar-refractivity contribution in [3.05, 3.63) is 34.3 Å². The van der Waals surface area contributed by atoms with Crippen LogP contribution in [0.3, 0.4) is 0 Å². The maximum Gasteiger partial charge on any atom is 0.0408 e. The molecular formula is C13H18ClN. The molecule has 0 fully saturated rings. The van der Waals surface area contributed by atoms with Crippen LogP contribution in [-0.4, -0.2) is 6.04 Å². The Morgan fingerprint density at radius 2 is 2.33 bits per heavy atom. The Kier molecular flexibility index (Phi) is 3.32. The zero-order valence-corrected chi connectivity index (χ0v) is 10.1. The summed E-state index contributed by atoms with van der Waals surface area (Å²) in [6.07, 6.45) is 3.55. The Labute approximate surface area is 96.8 Å². The predicted octanol–water partition coefficient (Wildman–Crippen LogP) is 3.72. The third kappa shape index (κ3) is 2.35. The molecule has 2 atom stereocenters. The number of halogens is 1. The summed E-state index contributed by atoms with van der Waals surface area (Å²) >= 11 is 5.98. The molecule has 1 aliphatic carbocycles. The summed E-state index contributed by atoms with van der Waals surface area (Å²) in [6.45, 7) is 4.46. The minimum Gasteiger partial charge on any atom is -0.307 e. The zero-order chi connectivity index (χ0) is 10.8. The van der Waals surface area contributed by atoms with E-state index in [1.54, 1.807) is 0 Å². The normalized spacial score (nSPS) is 21.4. The third-order valence-corrected chi connectivity index (χ3v) is 3.52. The molecule has 0 spiro atoms. The van der Waals surface area contributed by atoms with Gasteiger partial charge in [0, 0.05) is 17.1 Å². The van der Waals surface area contributed by atoms with Crippen LogP contribution in [0.15, 0.2) is 18.2 Å². The van der Waals surface area contributed by atoms with E-state index in [0.29, 0.717) is 12.1 Å². The molecule has 0 heterocycles. The van der Waals surface area contributed by atoms with Crippen LogP contribution in [0.2, 0.25) is 5.02 Å². The average molecular weight is 224 g/mol. The minimum atomic E-state index is 0.534. The molecule has 0 radical (unpaired) electrons. The van der Waals surface area contributed by atoms with Crippen LogP contribution in [0.4, 0.5) is 0 Å². The summed E-state index contributed by atoms with van der Waals surface area (Å²) in [5.41, 5.74) is 2.86. The number of benzene rings is 1. The fourth-order valence-corrected chi connectivity index (χ4v) is 2.42. The van der Waals surface area contributed by atoms with Gasteiger partial charge in [-0.25, -0.2) is 0 Å². The molecule has 1 aromatic rings. The summed E-state index contributed by atoms with van der Waals surface area (Å²) < 4.78 is 0.